The van der Waals surface area contributed by atoms with E-state index >= 15 is 0 Å². The molecule has 1 aromatic heterocycles. The summed E-state index contributed by atoms with van der Waals surface area (Å²) in [7, 11) is 0. The highest BCUT2D eigenvalue weighted by molar-refractivity contribution is 5.85. The zero-order chi connectivity index (χ0) is 16.8. The van der Waals surface area contributed by atoms with Crippen LogP contribution in [0.3, 0.4) is 0 Å². The third-order valence-electron chi connectivity index (χ3n) is 3.23. The number of H-pyrrole nitrogens is 1. The van der Waals surface area contributed by atoms with Crippen molar-refractivity contribution in [3.63, 3.8) is 0 Å². The number of nitrogens with one attached hydrogen (secondary N) is 2. The van der Waals surface area contributed by atoms with E-state index in [0.29, 0.717) is 11.3 Å². The van der Waals surface area contributed by atoms with Gasteiger partial charge in [-0.25, -0.2) is 5.43 Å². The number of hydrogen-bond donors (Lipinski definition) is 2. The van der Waals surface area contributed by atoms with Crippen LogP contribution in [0.1, 0.15) is 29.4 Å². The number of carbonyl (C=O) groups excluding carboxylic acids is 1. The zero-order valence-corrected chi connectivity index (χ0v) is 13.3. The number of amides is 1. The van der Waals surface area contributed by atoms with Gasteiger partial charge in [0.1, 0.15) is 5.75 Å². The van der Waals surface area contributed by atoms with E-state index in [4.69, 9.17) is 10.00 Å². The number of aromatic amines is 1. The highest BCUT2D eigenvalue weighted by Gasteiger charge is 2.13. The maximum absolute atomic E-state index is 11.9. The van der Waals surface area contributed by atoms with Crippen molar-refractivity contribution in [3.8, 4) is 11.8 Å². The van der Waals surface area contributed by atoms with Gasteiger partial charge in [-0.1, -0.05) is 0 Å². The number of rotatable bonds is 5. The largest absolute Gasteiger partial charge is 0.481 e. The molecule has 0 spiro atoms. The van der Waals surface area contributed by atoms with Gasteiger partial charge in [0, 0.05) is 17.0 Å². The van der Waals surface area contributed by atoms with Gasteiger partial charge in [0.15, 0.2) is 6.10 Å². The topological polar surface area (TPSA) is 90.3 Å². The number of benzene rings is 1. The van der Waals surface area contributed by atoms with E-state index < -0.39 is 6.10 Å². The first-order chi connectivity index (χ1) is 11.0. The maximum atomic E-state index is 11.9. The van der Waals surface area contributed by atoms with Crippen molar-refractivity contribution in [1.82, 2.24) is 10.4 Å². The second kappa shape index (κ2) is 7.27. The van der Waals surface area contributed by atoms with Crippen molar-refractivity contribution >= 4 is 12.1 Å². The van der Waals surface area contributed by atoms with E-state index in [9.17, 15) is 4.79 Å². The summed E-state index contributed by atoms with van der Waals surface area (Å²) in [4.78, 5) is 15.1. The average molecular weight is 310 g/mol. The molecular formula is C17H18N4O2. The molecule has 0 aliphatic carbocycles. The van der Waals surface area contributed by atoms with Gasteiger partial charge in [-0.15, -0.1) is 0 Å². The second-order valence-electron chi connectivity index (χ2n) is 5.16. The fourth-order valence-electron chi connectivity index (χ4n) is 2.00. The van der Waals surface area contributed by atoms with Crippen molar-refractivity contribution in [1.29, 1.82) is 5.26 Å². The second-order valence-corrected chi connectivity index (χ2v) is 5.16. The minimum absolute atomic E-state index is 0.351. The Hall–Kier alpha value is -3.07. The van der Waals surface area contributed by atoms with Gasteiger partial charge in [0.05, 0.1) is 17.8 Å². The Morgan fingerprint density at radius 3 is 2.65 bits per heavy atom. The van der Waals surface area contributed by atoms with Crippen LogP contribution in [-0.4, -0.2) is 23.2 Å². The monoisotopic (exact) mass is 310 g/mol. The molecule has 0 radical (unpaired) electrons. The predicted octanol–water partition coefficient (Wildman–Crippen LogP) is 2.42. The molecule has 2 aromatic rings. The van der Waals surface area contributed by atoms with E-state index in [1.165, 1.54) is 0 Å². The number of nitrogens with zero attached hydrogens (tertiary/aromatic N) is 2. The Balaban J connectivity index is 1.89. The molecule has 1 atom stereocenters. The molecule has 118 valence electrons. The van der Waals surface area contributed by atoms with Crippen LogP contribution in [0.4, 0.5) is 0 Å². The quantitative estimate of drug-likeness (QED) is 0.656. The van der Waals surface area contributed by atoms with Crippen molar-refractivity contribution in [2.75, 3.05) is 0 Å². The number of aryl methyl sites for hydroxylation is 2. The summed E-state index contributed by atoms with van der Waals surface area (Å²) in [5.74, 6) is 0.170. The molecule has 2 N–H and O–H groups in total. The molecule has 6 heteroatoms. The van der Waals surface area contributed by atoms with Gasteiger partial charge in [0.25, 0.3) is 5.91 Å². The Morgan fingerprint density at radius 2 is 2.09 bits per heavy atom. The highest BCUT2D eigenvalue weighted by atomic mass is 16.5. The Kier molecular flexibility index (Phi) is 5.15. The molecule has 23 heavy (non-hydrogen) atoms. The summed E-state index contributed by atoms with van der Waals surface area (Å²) in [5.41, 5.74) is 5.93. The van der Waals surface area contributed by atoms with Crippen LogP contribution >= 0.6 is 0 Å². The van der Waals surface area contributed by atoms with Gasteiger partial charge in [0.2, 0.25) is 0 Å². The number of ether oxygens (including phenoxy) is 1. The molecule has 0 unspecified atom stereocenters. The maximum Gasteiger partial charge on any atom is 0.280 e. The molecule has 2 rings (SSSR count). The SMILES string of the molecule is Cc1cc(/C=N/NC(=O)[C@H](C)Oc2ccc(C#N)cc2)c(C)[nH]1. The molecular weight excluding hydrogens is 292 g/mol. The van der Waals surface area contributed by atoms with E-state index in [1.54, 1.807) is 37.4 Å². The van der Waals surface area contributed by atoms with Crippen LogP contribution in [-0.2, 0) is 4.79 Å². The lowest BCUT2D eigenvalue weighted by molar-refractivity contribution is -0.127. The molecule has 0 bridgehead atoms. The van der Waals surface area contributed by atoms with Crippen molar-refractivity contribution in [2.24, 2.45) is 5.10 Å². The summed E-state index contributed by atoms with van der Waals surface area (Å²) in [6, 6.07) is 10.5. The lowest BCUT2D eigenvalue weighted by atomic mass is 10.2. The first kappa shape index (κ1) is 16.3. The number of hydrazone groups is 1. The third-order valence-corrected chi connectivity index (χ3v) is 3.23. The van der Waals surface area contributed by atoms with Crippen LogP contribution in [0.5, 0.6) is 5.75 Å². The van der Waals surface area contributed by atoms with Crippen LogP contribution in [0.2, 0.25) is 0 Å². The van der Waals surface area contributed by atoms with Gasteiger partial charge in [-0.2, -0.15) is 10.4 Å². The minimum atomic E-state index is -0.700. The molecule has 0 saturated heterocycles. The smallest absolute Gasteiger partial charge is 0.280 e. The number of nitriles is 1. The lowest BCUT2D eigenvalue weighted by Gasteiger charge is -2.12. The molecule has 1 amide bonds. The molecule has 0 aliphatic heterocycles. The summed E-state index contributed by atoms with van der Waals surface area (Å²) >= 11 is 0. The number of carbonyl (C=O) groups is 1. The molecule has 0 saturated carbocycles. The van der Waals surface area contributed by atoms with E-state index in [-0.39, 0.29) is 5.91 Å². The average Bonchev–Trinajstić information content (AvgIpc) is 2.85. The zero-order valence-electron chi connectivity index (χ0n) is 13.3. The first-order valence-electron chi connectivity index (χ1n) is 7.15. The number of aromatic nitrogens is 1. The van der Waals surface area contributed by atoms with Crippen LogP contribution in [0.25, 0.3) is 0 Å². The van der Waals surface area contributed by atoms with Crippen LogP contribution in [0.15, 0.2) is 35.4 Å². The molecule has 0 aliphatic rings. The van der Waals surface area contributed by atoms with Crippen LogP contribution < -0.4 is 10.2 Å². The van der Waals surface area contributed by atoms with E-state index in [2.05, 4.69) is 15.5 Å². The molecule has 6 nitrogen and oxygen atoms in total. The minimum Gasteiger partial charge on any atom is -0.481 e. The summed E-state index contributed by atoms with van der Waals surface area (Å²) in [6.07, 6.45) is 0.889. The van der Waals surface area contributed by atoms with Crippen molar-refractivity contribution in [2.45, 2.75) is 26.9 Å². The summed E-state index contributed by atoms with van der Waals surface area (Å²) < 4.78 is 5.50. The van der Waals surface area contributed by atoms with Gasteiger partial charge < -0.3 is 9.72 Å². The van der Waals surface area contributed by atoms with Crippen molar-refractivity contribution < 1.29 is 9.53 Å². The molecule has 1 aromatic carbocycles. The van der Waals surface area contributed by atoms with Gasteiger partial charge in [-0.3, -0.25) is 4.79 Å². The van der Waals surface area contributed by atoms with E-state index in [0.717, 1.165) is 17.0 Å². The lowest BCUT2D eigenvalue weighted by Crippen LogP contribution is -2.33. The van der Waals surface area contributed by atoms with Crippen LogP contribution in [0, 0.1) is 25.2 Å². The predicted molar refractivity (Wildman–Crippen MR) is 87.3 cm³/mol. The molecule has 0 fully saturated rings. The van der Waals surface area contributed by atoms with Crippen molar-refractivity contribution in [3.05, 3.63) is 52.8 Å². The molecule has 1 heterocycles. The Morgan fingerprint density at radius 1 is 1.39 bits per heavy atom. The fraction of sp³-hybridized carbons (Fsp3) is 0.235. The van der Waals surface area contributed by atoms with Gasteiger partial charge >= 0.3 is 0 Å². The first-order valence-corrected chi connectivity index (χ1v) is 7.15. The fourth-order valence-corrected chi connectivity index (χ4v) is 2.00. The summed E-state index contributed by atoms with van der Waals surface area (Å²) in [6.45, 7) is 5.53. The Bertz CT molecular complexity index is 754. The standard InChI is InChI=1S/C17H18N4O2/c1-11-8-15(12(2)20-11)10-19-21-17(22)13(3)23-16-6-4-14(9-18)5-7-16/h4-8,10,13,20H,1-3H3,(H,21,22)/b19-10+/t13-/m0/s1. The van der Waals surface area contributed by atoms with Gasteiger partial charge in [-0.05, 0) is 51.1 Å². The highest BCUT2D eigenvalue weighted by Crippen LogP contribution is 2.13. The normalized spacial score (nSPS) is 11.9. The van der Waals surface area contributed by atoms with E-state index in [1.807, 2.05) is 26.0 Å². The number of hydrogen-bond acceptors (Lipinski definition) is 4. The summed E-state index contributed by atoms with van der Waals surface area (Å²) in [5, 5.41) is 12.7. The third kappa shape index (κ3) is 4.45. The Labute approximate surface area is 134 Å².